The van der Waals surface area contributed by atoms with E-state index in [0.717, 1.165) is 19.5 Å². The van der Waals surface area contributed by atoms with E-state index in [4.69, 9.17) is 4.74 Å². The summed E-state index contributed by atoms with van der Waals surface area (Å²) >= 11 is 0. The highest BCUT2D eigenvalue weighted by atomic mass is 16.6. The molecule has 0 N–H and O–H groups in total. The summed E-state index contributed by atoms with van der Waals surface area (Å²) in [6.45, 7) is 9.37. The lowest BCUT2D eigenvalue weighted by Gasteiger charge is -2.37. The molecule has 1 unspecified atom stereocenters. The fraction of sp³-hybridized carbons (Fsp3) is 0.643. The van der Waals surface area contributed by atoms with Crippen LogP contribution in [0.15, 0.2) is 18.3 Å². The number of aromatic nitrogens is 1. The number of rotatable bonds is 1. The van der Waals surface area contributed by atoms with E-state index in [1.54, 1.807) is 0 Å². The van der Waals surface area contributed by atoms with Crippen LogP contribution in [0.25, 0.3) is 0 Å². The third kappa shape index (κ3) is 2.52. The maximum atomic E-state index is 12.2. The van der Waals surface area contributed by atoms with Crippen molar-refractivity contribution in [2.75, 3.05) is 6.54 Å². The van der Waals surface area contributed by atoms with Crippen LogP contribution in [0.1, 0.15) is 45.9 Å². The molecule has 2 heterocycles. The summed E-state index contributed by atoms with van der Waals surface area (Å²) in [6.07, 6.45) is 2.77. The molecule has 1 aliphatic rings. The fourth-order valence-electron chi connectivity index (χ4n) is 2.43. The van der Waals surface area contributed by atoms with E-state index in [1.165, 1.54) is 5.69 Å². The van der Waals surface area contributed by atoms with Crippen LogP contribution >= 0.6 is 0 Å². The molecule has 0 saturated carbocycles. The van der Waals surface area contributed by atoms with Crippen molar-refractivity contribution >= 4 is 6.09 Å². The van der Waals surface area contributed by atoms with Gasteiger partial charge in [0.1, 0.15) is 5.60 Å². The Morgan fingerprint density at radius 1 is 1.44 bits per heavy atom. The molecule has 1 aromatic heterocycles. The van der Waals surface area contributed by atoms with Gasteiger partial charge in [0.25, 0.3) is 0 Å². The van der Waals surface area contributed by atoms with Gasteiger partial charge in [-0.3, -0.25) is 4.90 Å². The Labute approximate surface area is 109 Å². The molecule has 2 rings (SSSR count). The van der Waals surface area contributed by atoms with Crippen molar-refractivity contribution in [1.82, 2.24) is 9.47 Å². The minimum absolute atomic E-state index is 0.128. The first kappa shape index (κ1) is 13.0. The molecule has 0 radical (unpaired) electrons. The van der Waals surface area contributed by atoms with Gasteiger partial charge in [-0.25, -0.2) is 4.79 Å². The lowest BCUT2D eigenvalue weighted by atomic mass is 10.1. The number of fused-ring (bicyclic) bond motifs is 1. The van der Waals surface area contributed by atoms with Gasteiger partial charge in [0.2, 0.25) is 0 Å². The normalized spacial score (nSPS) is 19.6. The summed E-state index contributed by atoms with van der Waals surface area (Å²) in [4.78, 5) is 14.1. The molecule has 0 bridgehead atoms. The van der Waals surface area contributed by atoms with E-state index in [0.29, 0.717) is 0 Å². The molecule has 4 nitrogen and oxygen atoms in total. The zero-order valence-electron chi connectivity index (χ0n) is 11.6. The van der Waals surface area contributed by atoms with Gasteiger partial charge in [-0.2, -0.15) is 0 Å². The van der Waals surface area contributed by atoms with E-state index >= 15 is 0 Å². The highest BCUT2D eigenvalue weighted by molar-refractivity contribution is 5.69. The number of nitrogens with zero attached hydrogens (tertiary/aromatic N) is 2. The van der Waals surface area contributed by atoms with Crippen molar-refractivity contribution in [2.45, 2.75) is 52.3 Å². The van der Waals surface area contributed by atoms with Crippen molar-refractivity contribution < 1.29 is 9.53 Å². The Morgan fingerprint density at radius 3 is 2.78 bits per heavy atom. The van der Waals surface area contributed by atoms with E-state index < -0.39 is 5.60 Å². The molecule has 1 aliphatic heterocycles. The molecule has 0 aromatic carbocycles. The van der Waals surface area contributed by atoms with Gasteiger partial charge in [-0.15, -0.1) is 0 Å². The first-order chi connectivity index (χ1) is 8.42. The van der Waals surface area contributed by atoms with Gasteiger partial charge in [-0.1, -0.05) is 6.92 Å². The zero-order chi connectivity index (χ0) is 13.3. The van der Waals surface area contributed by atoms with E-state index in [-0.39, 0.29) is 12.1 Å². The quantitative estimate of drug-likeness (QED) is 0.767. The minimum Gasteiger partial charge on any atom is -0.444 e. The highest BCUT2D eigenvalue weighted by Crippen LogP contribution is 2.29. The van der Waals surface area contributed by atoms with Crippen molar-refractivity contribution in [3.63, 3.8) is 0 Å². The predicted octanol–water partition coefficient (Wildman–Crippen LogP) is 3.19. The van der Waals surface area contributed by atoms with Crippen LogP contribution in [-0.2, 0) is 11.3 Å². The van der Waals surface area contributed by atoms with Crippen LogP contribution in [0.2, 0.25) is 0 Å². The Morgan fingerprint density at radius 2 is 2.17 bits per heavy atom. The minimum atomic E-state index is -0.436. The van der Waals surface area contributed by atoms with Crippen LogP contribution in [0.5, 0.6) is 0 Å². The molecule has 1 aromatic rings. The van der Waals surface area contributed by atoms with Crippen LogP contribution in [-0.4, -0.2) is 27.7 Å². The maximum Gasteiger partial charge on any atom is 0.410 e. The average Bonchev–Trinajstić information content (AvgIpc) is 2.72. The summed E-state index contributed by atoms with van der Waals surface area (Å²) in [7, 11) is 0. The monoisotopic (exact) mass is 250 g/mol. The summed E-state index contributed by atoms with van der Waals surface area (Å²) < 4.78 is 7.70. The molecule has 1 amide bonds. The number of carbonyl (C=O) groups is 1. The molecule has 4 heteroatoms. The number of ether oxygens (including phenoxy) is 1. The van der Waals surface area contributed by atoms with Gasteiger partial charge in [0.15, 0.2) is 0 Å². The van der Waals surface area contributed by atoms with Crippen LogP contribution < -0.4 is 0 Å². The van der Waals surface area contributed by atoms with Crippen molar-refractivity contribution in [1.29, 1.82) is 0 Å². The molecule has 0 saturated heterocycles. The average molecular weight is 250 g/mol. The zero-order valence-corrected chi connectivity index (χ0v) is 11.6. The lowest BCUT2D eigenvalue weighted by Crippen LogP contribution is -2.44. The SMILES string of the molecule is CCC1c2cccn2CCN1C(=O)OC(C)(C)C. The Kier molecular flexibility index (Phi) is 3.37. The van der Waals surface area contributed by atoms with Crippen molar-refractivity contribution in [2.24, 2.45) is 0 Å². The summed E-state index contributed by atoms with van der Waals surface area (Å²) in [5, 5.41) is 0. The van der Waals surface area contributed by atoms with Crippen LogP contribution in [0, 0.1) is 0 Å². The second-order valence-electron chi connectivity index (χ2n) is 5.72. The number of hydrogen-bond donors (Lipinski definition) is 0. The third-order valence-electron chi connectivity index (χ3n) is 3.18. The second kappa shape index (κ2) is 4.67. The first-order valence-electron chi connectivity index (χ1n) is 6.57. The molecular formula is C14H22N2O2. The molecule has 0 fully saturated rings. The second-order valence-corrected chi connectivity index (χ2v) is 5.72. The third-order valence-corrected chi connectivity index (χ3v) is 3.18. The molecule has 0 spiro atoms. The highest BCUT2D eigenvalue weighted by Gasteiger charge is 2.32. The number of hydrogen-bond acceptors (Lipinski definition) is 2. The van der Waals surface area contributed by atoms with Crippen molar-refractivity contribution in [3.05, 3.63) is 24.0 Å². The number of amides is 1. The molecule has 18 heavy (non-hydrogen) atoms. The lowest BCUT2D eigenvalue weighted by molar-refractivity contribution is 0.0101. The number of carbonyl (C=O) groups excluding carboxylic acids is 1. The molecule has 100 valence electrons. The summed E-state index contributed by atoms with van der Waals surface area (Å²) in [6, 6.07) is 4.25. The van der Waals surface area contributed by atoms with Gasteiger partial charge >= 0.3 is 6.09 Å². The van der Waals surface area contributed by atoms with E-state index in [9.17, 15) is 4.79 Å². The fourth-order valence-corrected chi connectivity index (χ4v) is 2.43. The Hall–Kier alpha value is -1.45. The summed E-state index contributed by atoms with van der Waals surface area (Å²) in [5.74, 6) is 0. The van der Waals surface area contributed by atoms with Crippen molar-refractivity contribution in [3.8, 4) is 0 Å². The standard InChI is InChI=1S/C14H22N2O2/c1-5-11-12-7-6-8-15(12)9-10-16(11)13(17)18-14(2,3)4/h6-8,11H,5,9-10H2,1-4H3. The van der Waals surface area contributed by atoms with Gasteiger partial charge < -0.3 is 9.30 Å². The predicted molar refractivity (Wildman–Crippen MR) is 70.4 cm³/mol. The smallest absolute Gasteiger partial charge is 0.410 e. The maximum absolute atomic E-state index is 12.2. The molecule has 1 atom stereocenters. The van der Waals surface area contributed by atoms with Crippen LogP contribution in [0.4, 0.5) is 4.79 Å². The van der Waals surface area contributed by atoms with Gasteiger partial charge in [0.05, 0.1) is 6.04 Å². The Bertz CT molecular complexity index is 431. The largest absolute Gasteiger partial charge is 0.444 e. The Balaban J connectivity index is 2.17. The van der Waals surface area contributed by atoms with Gasteiger partial charge in [0, 0.05) is 25.0 Å². The molecular weight excluding hydrogens is 228 g/mol. The molecule has 0 aliphatic carbocycles. The van der Waals surface area contributed by atoms with Gasteiger partial charge in [-0.05, 0) is 39.3 Å². The van der Waals surface area contributed by atoms with E-state index in [1.807, 2.05) is 31.7 Å². The topological polar surface area (TPSA) is 34.5 Å². The first-order valence-corrected chi connectivity index (χ1v) is 6.57. The summed E-state index contributed by atoms with van der Waals surface area (Å²) in [5.41, 5.74) is 0.768. The van der Waals surface area contributed by atoms with Crippen LogP contribution in [0.3, 0.4) is 0 Å². The van der Waals surface area contributed by atoms with E-state index in [2.05, 4.69) is 23.8 Å².